The maximum atomic E-state index is 6.70. The van der Waals surface area contributed by atoms with Crippen LogP contribution in [0.1, 0.15) is 0 Å². The van der Waals surface area contributed by atoms with Crippen LogP contribution in [0.2, 0.25) is 0 Å². The summed E-state index contributed by atoms with van der Waals surface area (Å²) in [7, 11) is 0. The lowest BCUT2D eigenvalue weighted by atomic mass is 10.0. The Morgan fingerprint density at radius 3 is 1.98 bits per heavy atom. The van der Waals surface area contributed by atoms with Crippen molar-refractivity contribution in [2.24, 2.45) is 0 Å². The molecule has 9 rings (SSSR count). The lowest BCUT2D eigenvalue weighted by Gasteiger charge is -2.26. The Bertz CT molecular complexity index is 2490. The van der Waals surface area contributed by atoms with E-state index in [4.69, 9.17) is 13.8 Å². The Kier molecular flexibility index (Phi) is 5.78. The average Bonchev–Trinajstić information content (AvgIpc) is 3.71. The number of para-hydroxylation sites is 1. The van der Waals surface area contributed by atoms with E-state index in [-0.39, 0.29) is 0 Å². The van der Waals surface area contributed by atoms with Crippen molar-refractivity contribution >= 4 is 60.9 Å². The van der Waals surface area contributed by atoms with Gasteiger partial charge in [-0.1, -0.05) is 109 Å². The molecule has 0 unspecified atom stereocenters. The topological polar surface area (TPSA) is 42.4 Å². The van der Waals surface area contributed by atoms with Crippen LogP contribution in [0.25, 0.3) is 66.4 Å². The summed E-state index contributed by atoms with van der Waals surface area (Å²) in [5.74, 6) is 0.570. The Balaban J connectivity index is 1.39. The van der Waals surface area contributed by atoms with Gasteiger partial charge in [0.05, 0.1) is 0 Å². The van der Waals surface area contributed by atoms with Crippen molar-refractivity contribution in [1.29, 1.82) is 0 Å². The second kappa shape index (κ2) is 10.2. The van der Waals surface area contributed by atoms with Crippen molar-refractivity contribution in [2.75, 3.05) is 4.90 Å². The zero-order valence-electron chi connectivity index (χ0n) is 24.2. The van der Waals surface area contributed by atoms with Gasteiger partial charge in [-0.3, -0.25) is 0 Å². The van der Waals surface area contributed by atoms with Gasteiger partial charge in [0, 0.05) is 27.7 Å². The van der Waals surface area contributed by atoms with E-state index in [1.54, 1.807) is 0 Å². The summed E-state index contributed by atoms with van der Waals surface area (Å²) in [6.07, 6.45) is 0. The molecule has 0 amide bonds. The molecule has 0 N–H and O–H groups in total. The zero-order chi connectivity index (χ0) is 29.7. The van der Waals surface area contributed by atoms with Crippen LogP contribution < -0.4 is 4.90 Å². The number of nitrogens with zero attached hydrogens (tertiary/aromatic N) is 2. The van der Waals surface area contributed by atoms with E-state index in [2.05, 4.69) is 108 Å². The van der Waals surface area contributed by atoms with Crippen LogP contribution in [0.4, 0.5) is 17.1 Å². The summed E-state index contributed by atoms with van der Waals surface area (Å²) >= 11 is 0. The minimum Gasteiger partial charge on any atom is -0.454 e. The maximum absolute atomic E-state index is 6.70. The third kappa shape index (κ3) is 4.27. The largest absolute Gasteiger partial charge is 0.454 e. The SMILES string of the molecule is c1ccc(-c2cccc(N(c3ccc4ccccc4c3)c3c4oc(-c5ccccc5)nc4cc4c3oc3ccccc34)c2)cc1. The third-order valence-electron chi connectivity index (χ3n) is 8.45. The molecule has 2 aromatic heterocycles. The van der Waals surface area contributed by atoms with Crippen LogP contribution in [-0.4, -0.2) is 4.98 Å². The van der Waals surface area contributed by atoms with Gasteiger partial charge < -0.3 is 13.7 Å². The molecule has 0 fully saturated rings. The van der Waals surface area contributed by atoms with E-state index in [0.29, 0.717) is 11.5 Å². The Hall–Kier alpha value is -6.13. The van der Waals surface area contributed by atoms with Crippen LogP contribution in [0.15, 0.2) is 167 Å². The standard InChI is InChI=1S/C41H26N2O2/c1-3-12-27(13-4-1)31-18-11-19-32(24-31)43(33-23-22-28-14-7-8-17-30(28)25-33)38-39-35(34-20-9-10-21-37(34)44-39)26-36-40(38)45-41(42-36)29-15-5-2-6-16-29/h1-26H. The fourth-order valence-corrected chi connectivity index (χ4v) is 6.31. The quantitative estimate of drug-likeness (QED) is 0.204. The molecule has 0 radical (unpaired) electrons. The molecule has 2 heterocycles. The number of anilines is 3. The van der Waals surface area contributed by atoms with Gasteiger partial charge in [0.1, 0.15) is 16.8 Å². The average molecular weight is 579 g/mol. The monoisotopic (exact) mass is 578 g/mol. The van der Waals surface area contributed by atoms with Crippen molar-refractivity contribution in [3.05, 3.63) is 158 Å². The van der Waals surface area contributed by atoms with E-state index in [0.717, 1.165) is 66.6 Å². The highest BCUT2D eigenvalue weighted by Gasteiger charge is 2.27. The van der Waals surface area contributed by atoms with E-state index >= 15 is 0 Å². The molecule has 4 nitrogen and oxygen atoms in total. The predicted molar refractivity (Wildman–Crippen MR) is 184 cm³/mol. The number of fused-ring (bicyclic) bond motifs is 5. The lowest BCUT2D eigenvalue weighted by molar-refractivity contribution is 0.618. The highest BCUT2D eigenvalue weighted by Crippen LogP contribution is 2.48. The normalized spacial score (nSPS) is 11.6. The van der Waals surface area contributed by atoms with Crippen LogP contribution in [0, 0.1) is 0 Å². The summed E-state index contributed by atoms with van der Waals surface area (Å²) in [6.45, 7) is 0. The Morgan fingerprint density at radius 2 is 1.13 bits per heavy atom. The number of oxazole rings is 1. The molecule has 0 spiro atoms. The summed E-state index contributed by atoms with van der Waals surface area (Å²) in [5, 5.41) is 4.36. The number of rotatable bonds is 5. The van der Waals surface area contributed by atoms with E-state index < -0.39 is 0 Å². The van der Waals surface area contributed by atoms with Crippen molar-refractivity contribution in [3.63, 3.8) is 0 Å². The lowest BCUT2D eigenvalue weighted by Crippen LogP contribution is -2.11. The molecule has 7 aromatic carbocycles. The minimum absolute atomic E-state index is 0.570. The van der Waals surface area contributed by atoms with Gasteiger partial charge in [-0.15, -0.1) is 0 Å². The van der Waals surface area contributed by atoms with Gasteiger partial charge in [0.25, 0.3) is 0 Å². The van der Waals surface area contributed by atoms with Crippen LogP contribution >= 0.6 is 0 Å². The molecule has 4 heteroatoms. The number of hydrogen-bond donors (Lipinski definition) is 0. The molecule has 0 aliphatic carbocycles. The van der Waals surface area contributed by atoms with E-state index in [1.807, 2.05) is 54.6 Å². The molecular weight excluding hydrogens is 552 g/mol. The van der Waals surface area contributed by atoms with Crippen LogP contribution in [0.3, 0.4) is 0 Å². The van der Waals surface area contributed by atoms with E-state index in [9.17, 15) is 0 Å². The Labute approximate surface area is 259 Å². The summed E-state index contributed by atoms with van der Waals surface area (Å²) in [6, 6.07) is 54.4. The van der Waals surface area contributed by atoms with Gasteiger partial charge >= 0.3 is 0 Å². The predicted octanol–water partition coefficient (Wildman–Crippen LogP) is 11.7. The molecule has 0 saturated heterocycles. The first kappa shape index (κ1) is 25.4. The molecule has 45 heavy (non-hydrogen) atoms. The van der Waals surface area contributed by atoms with Crippen LogP contribution in [-0.2, 0) is 0 Å². The van der Waals surface area contributed by atoms with Gasteiger partial charge in [-0.05, 0) is 70.4 Å². The second-order valence-electron chi connectivity index (χ2n) is 11.2. The molecular formula is C41H26N2O2. The molecule has 9 aromatic rings. The fourth-order valence-electron chi connectivity index (χ4n) is 6.31. The smallest absolute Gasteiger partial charge is 0.227 e. The number of aromatic nitrogens is 1. The first-order chi connectivity index (χ1) is 22.3. The molecule has 212 valence electrons. The molecule has 0 aliphatic heterocycles. The second-order valence-corrected chi connectivity index (χ2v) is 11.2. The molecule has 0 saturated carbocycles. The highest BCUT2D eigenvalue weighted by atomic mass is 16.4. The van der Waals surface area contributed by atoms with E-state index in [1.165, 1.54) is 5.39 Å². The molecule has 0 bridgehead atoms. The number of hydrogen-bond acceptors (Lipinski definition) is 4. The summed E-state index contributed by atoms with van der Waals surface area (Å²) in [4.78, 5) is 7.29. The van der Waals surface area contributed by atoms with Crippen molar-refractivity contribution in [3.8, 4) is 22.6 Å². The summed E-state index contributed by atoms with van der Waals surface area (Å²) in [5.41, 5.74) is 8.98. The van der Waals surface area contributed by atoms with Gasteiger partial charge in [-0.2, -0.15) is 0 Å². The zero-order valence-corrected chi connectivity index (χ0v) is 24.2. The van der Waals surface area contributed by atoms with Crippen LogP contribution in [0.5, 0.6) is 0 Å². The van der Waals surface area contributed by atoms with Crippen molar-refractivity contribution in [2.45, 2.75) is 0 Å². The van der Waals surface area contributed by atoms with Gasteiger partial charge in [0.15, 0.2) is 11.2 Å². The third-order valence-corrected chi connectivity index (χ3v) is 8.45. The number of furan rings is 1. The van der Waals surface area contributed by atoms with Crippen molar-refractivity contribution < 1.29 is 8.83 Å². The first-order valence-corrected chi connectivity index (χ1v) is 15.0. The van der Waals surface area contributed by atoms with Gasteiger partial charge in [-0.25, -0.2) is 4.98 Å². The van der Waals surface area contributed by atoms with Crippen molar-refractivity contribution in [1.82, 2.24) is 4.98 Å². The Morgan fingerprint density at radius 1 is 0.444 bits per heavy atom. The molecule has 0 atom stereocenters. The highest BCUT2D eigenvalue weighted by molar-refractivity contribution is 6.17. The fraction of sp³-hybridized carbons (Fsp3) is 0. The maximum Gasteiger partial charge on any atom is 0.227 e. The van der Waals surface area contributed by atoms with Gasteiger partial charge in [0.2, 0.25) is 5.89 Å². The molecule has 0 aliphatic rings. The summed E-state index contributed by atoms with van der Waals surface area (Å²) < 4.78 is 13.4. The number of benzene rings is 7. The first-order valence-electron chi connectivity index (χ1n) is 15.0. The minimum atomic E-state index is 0.570.